The largest absolute Gasteiger partial charge is 0.360 e. The third-order valence-electron chi connectivity index (χ3n) is 5.60. The molecule has 0 radical (unpaired) electrons. The average molecular weight is 433 g/mol. The van der Waals surface area contributed by atoms with Gasteiger partial charge in [-0.05, 0) is 25.7 Å². The predicted molar refractivity (Wildman–Crippen MR) is 116 cm³/mol. The third kappa shape index (κ3) is 3.48. The van der Waals surface area contributed by atoms with Gasteiger partial charge >= 0.3 is 5.69 Å². The zero-order valence-corrected chi connectivity index (χ0v) is 17.4. The normalized spacial score (nSPS) is 16.1. The van der Waals surface area contributed by atoms with Crippen molar-refractivity contribution >= 4 is 22.8 Å². The molecule has 3 aromatic heterocycles. The molecule has 156 valence electrons. The average Bonchev–Trinajstić information content (AvgIpc) is 3.71. The van der Waals surface area contributed by atoms with Gasteiger partial charge in [0, 0.05) is 23.6 Å². The van der Waals surface area contributed by atoms with Crippen molar-refractivity contribution in [2.45, 2.75) is 48.4 Å². The topological polar surface area (TPSA) is 107 Å². The van der Waals surface area contributed by atoms with Crippen molar-refractivity contribution in [1.82, 2.24) is 24.7 Å². The van der Waals surface area contributed by atoms with E-state index in [1.807, 2.05) is 36.4 Å². The Kier molecular flexibility index (Phi) is 4.31. The molecule has 0 amide bonds. The second-order valence-corrected chi connectivity index (χ2v) is 9.02. The predicted octanol–water partition coefficient (Wildman–Crippen LogP) is 3.64. The lowest BCUT2D eigenvalue weighted by atomic mass is 10.1. The lowest BCUT2D eigenvalue weighted by Crippen LogP contribution is -2.31. The highest BCUT2D eigenvalue weighted by molar-refractivity contribution is 7.98. The lowest BCUT2D eigenvalue weighted by molar-refractivity contribution is 0.397. The van der Waals surface area contributed by atoms with Gasteiger partial charge < -0.3 is 4.52 Å². The summed E-state index contributed by atoms with van der Waals surface area (Å²) in [4.78, 5) is 37.0. The quantitative estimate of drug-likeness (QED) is 0.365. The molecule has 0 saturated heterocycles. The van der Waals surface area contributed by atoms with Crippen LogP contribution in [0.15, 0.2) is 55.5 Å². The van der Waals surface area contributed by atoms with Gasteiger partial charge in [-0.25, -0.2) is 14.8 Å². The molecule has 2 saturated carbocycles. The highest BCUT2D eigenvalue weighted by Crippen LogP contribution is 2.41. The molecule has 0 atom stereocenters. The Labute approximate surface area is 180 Å². The smallest absolute Gasteiger partial charge is 0.330 e. The van der Waals surface area contributed by atoms with Crippen molar-refractivity contribution in [2.75, 3.05) is 0 Å². The molecule has 0 spiro atoms. The number of hydrogen-bond acceptors (Lipinski definition) is 7. The molecule has 1 aromatic carbocycles. The molecule has 6 rings (SSSR count). The molecule has 3 heterocycles. The van der Waals surface area contributed by atoms with E-state index in [0.717, 1.165) is 42.8 Å². The minimum Gasteiger partial charge on any atom is -0.360 e. The van der Waals surface area contributed by atoms with Crippen LogP contribution in [-0.4, -0.2) is 24.7 Å². The minimum atomic E-state index is -0.440. The standard InChI is InChI=1S/C22H19N5O3S/c28-20-17-19(27(14-8-9-14)22(29)25-20)23-18(13-6-7-13)24-21(17)31-11-15-10-16(26-30-15)12-4-2-1-3-5-12/h1-5,10,13-14H,6-9,11H2,(H,25,28,29). The van der Waals surface area contributed by atoms with Crippen LogP contribution < -0.4 is 11.2 Å². The second kappa shape index (κ2) is 7.19. The molecule has 0 bridgehead atoms. The summed E-state index contributed by atoms with van der Waals surface area (Å²) < 4.78 is 7.14. The molecule has 0 aliphatic heterocycles. The zero-order valence-electron chi connectivity index (χ0n) is 16.6. The monoisotopic (exact) mass is 433 g/mol. The van der Waals surface area contributed by atoms with Crippen molar-refractivity contribution in [3.63, 3.8) is 0 Å². The maximum atomic E-state index is 12.7. The van der Waals surface area contributed by atoms with Crippen molar-refractivity contribution in [3.05, 3.63) is 68.8 Å². The molecule has 9 heteroatoms. The number of fused-ring (bicyclic) bond motifs is 1. The van der Waals surface area contributed by atoms with Crippen LogP contribution >= 0.6 is 11.8 Å². The number of thioether (sulfide) groups is 1. The molecular weight excluding hydrogens is 414 g/mol. The van der Waals surface area contributed by atoms with Crippen LogP contribution in [0.2, 0.25) is 0 Å². The number of nitrogens with one attached hydrogen (secondary N) is 1. The maximum Gasteiger partial charge on any atom is 0.330 e. The Bertz CT molecular complexity index is 1400. The van der Waals surface area contributed by atoms with Gasteiger partial charge in [-0.3, -0.25) is 14.3 Å². The Morgan fingerprint density at radius 3 is 2.65 bits per heavy atom. The van der Waals surface area contributed by atoms with Crippen molar-refractivity contribution < 1.29 is 4.52 Å². The van der Waals surface area contributed by atoms with Crippen LogP contribution in [0.4, 0.5) is 0 Å². The number of benzene rings is 1. The first kappa shape index (κ1) is 18.6. The number of aromatic nitrogens is 5. The molecule has 4 aromatic rings. The van der Waals surface area contributed by atoms with Gasteiger partial charge in [-0.1, -0.05) is 47.3 Å². The minimum absolute atomic E-state index is 0.106. The number of H-pyrrole nitrogens is 1. The highest BCUT2D eigenvalue weighted by atomic mass is 32.2. The molecule has 2 fully saturated rings. The fourth-order valence-electron chi connectivity index (χ4n) is 3.70. The van der Waals surface area contributed by atoms with Crippen LogP contribution in [-0.2, 0) is 5.75 Å². The summed E-state index contributed by atoms with van der Waals surface area (Å²) in [5, 5.41) is 5.12. The van der Waals surface area contributed by atoms with Gasteiger partial charge in [-0.15, -0.1) is 0 Å². The van der Waals surface area contributed by atoms with Crippen molar-refractivity contribution in [1.29, 1.82) is 0 Å². The van der Waals surface area contributed by atoms with E-state index < -0.39 is 5.56 Å². The number of hydrogen-bond donors (Lipinski definition) is 1. The Balaban J connectivity index is 1.39. The third-order valence-corrected chi connectivity index (χ3v) is 6.60. The number of nitrogens with zero attached hydrogens (tertiary/aromatic N) is 4. The SMILES string of the molecule is O=c1[nH]c(=O)n(C2CC2)c2nc(C3CC3)nc(SCc3cc(-c4ccccc4)no3)c12. The van der Waals surface area contributed by atoms with Gasteiger partial charge in [0.1, 0.15) is 27.7 Å². The molecule has 1 N–H and O–H groups in total. The van der Waals surface area contributed by atoms with Crippen LogP contribution in [0.3, 0.4) is 0 Å². The van der Waals surface area contributed by atoms with Crippen LogP contribution in [0.25, 0.3) is 22.3 Å². The van der Waals surface area contributed by atoms with Crippen LogP contribution in [0.5, 0.6) is 0 Å². The molecule has 2 aliphatic rings. The Morgan fingerprint density at radius 2 is 1.90 bits per heavy atom. The van der Waals surface area contributed by atoms with E-state index in [-0.39, 0.29) is 11.7 Å². The molecule has 2 aliphatic carbocycles. The van der Waals surface area contributed by atoms with Gasteiger partial charge in [0.15, 0.2) is 5.65 Å². The summed E-state index contributed by atoms with van der Waals surface area (Å²) in [6, 6.07) is 11.8. The first-order chi connectivity index (χ1) is 15.2. The van der Waals surface area contributed by atoms with E-state index in [2.05, 4.69) is 15.1 Å². The van der Waals surface area contributed by atoms with Gasteiger partial charge in [0.25, 0.3) is 5.56 Å². The van der Waals surface area contributed by atoms with Crippen molar-refractivity contribution in [2.24, 2.45) is 0 Å². The fourth-order valence-corrected chi connectivity index (χ4v) is 4.60. The van der Waals surface area contributed by atoms with Crippen LogP contribution in [0, 0.1) is 0 Å². The lowest BCUT2D eigenvalue weighted by Gasteiger charge is -2.11. The van der Waals surface area contributed by atoms with Gasteiger partial charge in [0.2, 0.25) is 0 Å². The maximum absolute atomic E-state index is 12.7. The Hall–Kier alpha value is -3.20. The molecule has 8 nitrogen and oxygen atoms in total. The summed E-state index contributed by atoms with van der Waals surface area (Å²) in [7, 11) is 0. The summed E-state index contributed by atoms with van der Waals surface area (Å²) in [6.45, 7) is 0. The van der Waals surface area contributed by atoms with Gasteiger partial charge in [0.05, 0.1) is 5.75 Å². The second-order valence-electron chi connectivity index (χ2n) is 8.05. The summed E-state index contributed by atoms with van der Waals surface area (Å²) in [5.41, 5.74) is 1.38. The fraction of sp³-hybridized carbons (Fsp3) is 0.318. The summed E-state index contributed by atoms with van der Waals surface area (Å²) >= 11 is 1.41. The summed E-state index contributed by atoms with van der Waals surface area (Å²) in [5.74, 6) is 2.19. The van der Waals surface area contributed by atoms with Crippen LogP contribution in [0.1, 0.15) is 49.2 Å². The number of aromatic amines is 1. The highest BCUT2D eigenvalue weighted by Gasteiger charge is 2.32. The Morgan fingerprint density at radius 1 is 1.10 bits per heavy atom. The number of rotatable bonds is 6. The van der Waals surface area contributed by atoms with E-state index in [1.165, 1.54) is 11.8 Å². The molecular formula is C22H19N5O3S. The van der Waals surface area contributed by atoms with E-state index in [1.54, 1.807) is 4.57 Å². The zero-order chi connectivity index (χ0) is 20.9. The summed E-state index contributed by atoms with van der Waals surface area (Å²) in [6.07, 6.45) is 3.92. The molecule has 0 unspecified atom stereocenters. The van der Waals surface area contributed by atoms with Crippen molar-refractivity contribution in [3.8, 4) is 11.3 Å². The first-order valence-corrected chi connectivity index (χ1v) is 11.4. The van der Waals surface area contributed by atoms with E-state index in [9.17, 15) is 9.59 Å². The van der Waals surface area contributed by atoms with E-state index >= 15 is 0 Å². The molecule has 31 heavy (non-hydrogen) atoms. The van der Waals surface area contributed by atoms with E-state index in [4.69, 9.17) is 9.51 Å². The first-order valence-electron chi connectivity index (χ1n) is 10.4. The van der Waals surface area contributed by atoms with E-state index in [0.29, 0.717) is 33.5 Å². The van der Waals surface area contributed by atoms with Gasteiger partial charge in [-0.2, -0.15) is 0 Å².